The minimum Gasteiger partial charge on any atom is -0.320 e. The van der Waals surface area contributed by atoms with Crippen LogP contribution >= 0.6 is 0 Å². The third-order valence-electron chi connectivity index (χ3n) is 3.43. The van der Waals surface area contributed by atoms with E-state index >= 15 is 0 Å². The molecular weight excluding hydrogens is 264 g/mol. The van der Waals surface area contributed by atoms with Gasteiger partial charge in [0, 0.05) is 6.54 Å². The van der Waals surface area contributed by atoms with E-state index in [1.807, 2.05) is 0 Å². The lowest BCUT2D eigenvalue weighted by Crippen LogP contribution is -2.32. The molecule has 2 N–H and O–H groups in total. The molecule has 0 spiro atoms. The molecule has 1 heterocycles. The molecule has 4 nitrogen and oxygen atoms in total. The van der Waals surface area contributed by atoms with Gasteiger partial charge in [-0.15, -0.1) is 0 Å². The molecular formula is C14H19F2N3O. The highest BCUT2D eigenvalue weighted by Crippen LogP contribution is 2.17. The number of anilines is 1. The zero-order valence-electron chi connectivity index (χ0n) is 11.5. The van der Waals surface area contributed by atoms with E-state index in [1.54, 1.807) is 0 Å². The summed E-state index contributed by atoms with van der Waals surface area (Å²) >= 11 is 0. The molecule has 6 heteroatoms. The van der Waals surface area contributed by atoms with E-state index in [2.05, 4.69) is 22.6 Å². The normalized spacial score (nSPS) is 19.2. The minimum absolute atomic E-state index is 0.0496. The highest BCUT2D eigenvalue weighted by Gasteiger charge is 2.19. The fraction of sp³-hybridized carbons (Fsp3) is 0.500. The number of halogens is 2. The van der Waals surface area contributed by atoms with Gasteiger partial charge in [-0.1, -0.05) is 6.07 Å². The van der Waals surface area contributed by atoms with Crippen LogP contribution in [0.15, 0.2) is 18.2 Å². The summed E-state index contributed by atoms with van der Waals surface area (Å²) in [6.45, 7) is 2.86. The lowest BCUT2D eigenvalue weighted by Gasteiger charge is -2.12. The van der Waals surface area contributed by atoms with Crippen molar-refractivity contribution in [3.8, 4) is 0 Å². The maximum atomic E-state index is 13.3. The van der Waals surface area contributed by atoms with Gasteiger partial charge < -0.3 is 15.5 Å². The van der Waals surface area contributed by atoms with Crippen molar-refractivity contribution in [3.63, 3.8) is 0 Å². The smallest absolute Gasteiger partial charge is 0.238 e. The van der Waals surface area contributed by atoms with Crippen LogP contribution in [0.1, 0.15) is 6.42 Å². The van der Waals surface area contributed by atoms with Gasteiger partial charge in [-0.3, -0.25) is 4.79 Å². The van der Waals surface area contributed by atoms with Crippen LogP contribution in [-0.4, -0.2) is 44.0 Å². The van der Waals surface area contributed by atoms with Crippen LogP contribution < -0.4 is 10.6 Å². The number of carbonyl (C=O) groups excluding carboxylic acids is 1. The van der Waals surface area contributed by atoms with Gasteiger partial charge in [-0.2, -0.15) is 0 Å². The second kappa shape index (κ2) is 6.76. The summed E-state index contributed by atoms with van der Waals surface area (Å²) in [5.41, 5.74) is -0.389. The molecule has 1 aromatic rings. The number of nitrogens with zero attached hydrogens (tertiary/aromatic N) is 1. The van der Waals surface area contributed by atoms with Crippen molar-refractivity contribution >= 4 is 11.6 Å². The van der Waals surface area contributed by atoms with Crippen molar-refractivity contribution < 1.29 is 13.6 Å². The number of likely N-dealkylation sites (tertiary alicyclic amines) is 1. The predicted octanol–water partition coefficient (Wildman–Crippen LogP) is 1.44. The fourth-order valence-electron chi connectivity index (χ4n) is 2.38. The van der Waals surface area contributed by atoms with E-state index in [0.717, 1.165) is 38.2 Å². The molecule has 1 fully saturated rings. The van der Waals surface area contributed by atoms with Crippen LogP contribution in [-0.2, 0) is 4.79 Å². The van der Waals surface area contributed by atoms with Crippen LogP contribution in [0, 0.1) is 17.6 Å². The average molecular weight is 283 g/mol. The first-order valence-corrected chi connectivity index (χ1v) is 6.69. The van der Waals surface area contributed by atoms with Crippen LogP contribution in [0.4, 0.5) is 14.5 Å². The SMILES string of the molecule is CN1CCC(CNCC(=O)Nc2c(F)cccc2F)C1. The zero-order chi connectivity index (χ0) is 14.5. The number of nitrogens with one attached hydrogen (secondary N) is 2. The maximum absolute atomic E-state index is 13.3. The second-order valence-electron chi connectivity index (χ2n) is 5.19. The minimum atomic E-state index is -0.768. The summed E-state index contributed by atoms with van der Waals surface area (Å²) in [5, 5.41) is 5.27. The molecule has 0 saturated carbocycles. The number of benzene rings is 1. The fourth-order valence-corrected chi connectivity index (χ4v) is 2.38. The van der Waals surface area contributed by atoms with Crippen LogP contribution in [0.5, 0.6) is 0 Å². The first-order chi connectivity index (χ1) is 9.56. The lowest BCUT2D eigenvalue weighted by atomic mass is 10.1. The second-order valence-corrected chi connectivity index (χ2v) is 5.19. The van der Waals surface area contributed by atoms with Gasteiger partial charge in [-0.05, 0) is 44.6 Å². The number of amides is 1. The lowest BCUT2D eigenvalue weighted by molar-refractivity contribution is -0.115. The van der Waals surface area contributed by atoms with E-state index in [1.165, 1.54) is 6.07 Å². The maximum Gasteiger partial charge on any atom is 0.238 e. The molecule has 0 aromatic heterocycles. The summed E-state index contributed by atoms with van der Waals surface area (Å²) in [5.74, 6) is -1.45. The van der Waals surface area contributed by atoms with Gasteiger partial charge in [0.2, 0.25) is 5.91 Å². The molecule has 1 aliphatic rings. The zero-order valence-corrected chi connectivity index (χ0v) is 11.5. The van der Waals surface area contributed by atoms with E-state index in [4.69, 9.17) is 0 Å². The van der Waals surface area contributed by atoms with Crippen molar-refractivity contribution in [1.82, 2.24) is 10.2 Å². The molecule has 1 atom stereocenters. The highest BCUT2D eigenvalue weighted by molar-refractivity contribution is 5.92. The highest BCUT2D eigenvalue weighted by atomic mass is 19.1. The van der Waals surface area contributed by atoms with Gasteiger partial charge in [0.05, 0.1) is 6.54 Å². The Labute approximate surface area is 117 Å². The average Bonchev–Trinajstić information content (AvgIpc) is 2.80. The van der Waals surface area contributed by atoms with Gasteiger partial charge in [0.1, 0.15) is 17.3 Å². The number of hydrogen-bond acceptors (Lipinski definition) is 3. The van der Waals surface area contributed by atoms with Crippen LogP contribution in [0.3, 0.4) is 0 Å². The molecule has 1 saturated heterocycles. The van der Waals surface area contributed by atoms with Gasteiger partial charge >= 0.3 is 0 Å². The number of carbonyl (C=O) groups is 1. The van der Waals surface area contributed by atoms with Crippen LogP contribution in [0.25, 0.3) is 0 Å². The molecule has 2 rings (SSSR count). The Hall–Kier alpha value is -1.53. The van der Waals surface area contributed by atoms with Crippen molar-refractivity contribution in [2.45, 2.75) is 6.42 Å². The molecule has 1 amide bonds. The first-order valence-electron chi connectivity index (χ1n) is 6.69. The van der Waals surface area contributed by atoms with Crippen LogP contribution in [0.2, 0.25) is 0 Å². The molecule has 1 aromatic carbocycles. The molecule has 110 valence electrons. The largest absolute Gasteiger partial charge is 0.320 e. The summed E-state index contributed by atoms with van der Waals surface area (Å²) < 4.78 is 26.7. The third-order valence-corrected chi connectivity index (χ3v) is 3.43. The van der Waals surface area contributed by atoms with E-state index in [0.29, 0.717) is 5.92 Å². The Morgan fingerprint density at radius 3 is 2.70 bits per heavy atom. The van der Waals surface area contributed by atoms with E-state index in [-0.39, 0.29) is 12.2 Å². The molecule has 20 heavy (non-hydrogen) atoms. The van der Waals surface area contributed by atoms with Gasteiger partial charge in [-0.25, -0.2) is 8.78 Å². The summed E-state index contributed by atoms with van der Waals surface area (Å²) in [4.78, 5) is 13.9. The predicted molar refractivity (Wildman–Crippen MR) is 73.5 cm³/mol. The van der Waals surface area contributed by atoms with Crippen molar-refractivity contribution in [2.24, 2.45) is 5.92 Å². The molecule has 0 bridgehead atoms. The number of hydrogen-bond donors (Lipinski definition) is 2. The Morgan fingerprint density at radius 1 is 1.40 bits per heavy atom. The van der Waals surface area contributed by atoms with Gasteiger partial charge in [0.25, 0.3) is 0 Å². The number of rotatable bonds is 5. The first kappa shape index (κ1) is 14.9. The Bertz CT molecular complexity index is 461. The Kier molecular flexibility index (Phi) is 5.03. The monoisotopic (exact) mass is 283 g/mol. The number of para-hydroxylation sites is 1. The summed E-state index contributed by atoms with van der Waals surface area (Å²) in [6, 6.07) is 3.48. The van der Waals surface area contributed by atoms with Crippen molar-refractivity contribution in [2.75, 3.05) is 38.5 Å². The topological polar surface area (TPSA) is 44.4 Å². The van der Waals surface area contributed by atoms with E-state index in [9.17, 15) is 13.6 Å². The van der Waals surface area contributed by atoms with Crippen molar-refractivity contribution in [1.29, 1.82) is 0 Å². The van der Waals surface area contributed by atoms with Gasteiger partial charge in [0.15, 0.2) is 0 Å². The third kappa shape index (κ3) is 3.98. The summed E-state index contributed by atoms with van der Waals surface area (Å²) in [7, 11) is 2.06. The Morgan fingerprint density at radius 2 is 2.10 bits per heavy atom. The van der Waals surface area contributed by atoms with E-state index < -0.39 is 17.5 Å². The quantitative estimate of drug-likeness (QED) is 0.859. The van der Waals surface area contributed by atoms with Crippen molar-refractivity contribution in [3.05, 3.63) is 29.8 Å². The molecule has 0 aliphatic carbocycles. The molecule has 0 radical (unpaired) electrons. The standard InChI is InChI=1S/C14H19F2N3O/c1-19-6-5-10(9-19)7-17-8-13(20)18-14-11(15)3-2-4-12(14)16/h2-4,10,17H,5-9H2,1H3,(H,18,20). The Balaban J connectivity index is 1.75. The molecule has 1 unspecified atom stereocenters. The summed E-state index contributed by atoms with van der Waals surface area (Å²) in [6.07, 6.45) is 1.10. The molecule has 1 aliphatic heterocycles.